The number of nitrogens with one attached hydrogen (secondary N) is 1. The van der Waals surface area contributed by atoms with Gasteiger partial charge in [0.15, 0.2) is 5.82 Å². The van der Waals surface area contributed by atoms with E-state index in [1.165, 1.54) is 6.07 Å². The highest BCUT2D eigenvalue weighted by Gasteiger charge is 2.09. The molecule has 0 spiro atoms. The van der Waals surface area contributed by atoms with Crippen LogP contribution in [0.4, 0.5) is 4.39 Å². The Kier molecular flexibility index (Phi) is 2.79. The van der Waals surface area contributed by atoms with Gasteiger partial charge in [-0.05, 0) is 41.1 Å². The average Bonchev–Trinajstić information content (AvgIpc) is 2.92. The van der Waals surface area contributed by atoms with Gasteiger partial charge < -0.3 is 4.98 Å². The smallest absolute Gasteiger partial charge is 0.151 e. The van der Waals surface area contributed by atoms with Crippen molar-refractivity contribution in [2.24, 2.45) is 0 Å². The predicted octanol–water partition coefficient (Wildman–Crippen LogP) is 5.28. The Labute approximate surface area is 128 Å². The number of halogens is 2. The standard InChI is InChI=1S/C17H10BrFN2/c18-13-7-6-10-8-12(5-4-11(10)9-13)17-20-15-3-1-2-14(19)16(15)21-17/h1-9H,(H,20,21). The van der Waals surface area contributed by atoms with Gasteiger partial charge >= 0.3 is 0 Å². The Bertz CT molecular complexity index is 975. The first-order valence-electron chi connectivity index (χ1n) is 6.55. The van der Waals surface area contributed by atoms with Crippen molar-refractivity contribution in [1.82, 2.24) is 9.97 Å². The van der Waals surface area contributed by atoms with Crippen LogP contribution in [0.3, 0.4) is 0 Å². The summed E-state index contributed by atoms with van der Waals surface area (Å²) in [7, 11) is 0. The van der Waals surface area contributed by atoms with Gasteiger partial charge in [0.05, 0.1) is 5.52 Å². The summed E-state index contributed by atoms with van der Waals surface area (Å²) >= 11 is 3.47. The second-order valence-electron chi connectivity index (χ2n) is 4.93. The van der Waals surface area contributed by atoms with E-state index in [-0.39, 0.29) is 5.82 Å². The Balaban J connectivity index is 1.91. The van der Waals surface area contributed by atoms with Crippen LogP contribution in [-0.2, 0) is 0 Å². The number of fused-ring (bicyclic) bond motifs is 2. The van der Waals surface area contributed by atoms with E-state index in [1.54, 1.807) is 6.07 Å². The lowest BCUT2D eigenvalue weighted by atomic mass is 10.1. The fourth-order valence-electron chi connectivity index (χ4n) is 2.50. The number of H-pyrrole nitrogens is 1. The molecule has 0 unspecified atom stereocenters. The summed E-state index contributed by atoms with van der Waals surface area (Å²) in [5.41, 5.74) is 2.03. The summed E-state index contributed by atoms with van der Waals surface area (Å²) in [4.78, 5) is 7.54. The zero-order chi connectivity index (χ0) is 14.4. The Morgan fingerprint density at radius 2 is 1.76 bits per heavy atom. The third-order valence-electron chi connectivity index (χ3n) is 3.54. The van der Waals surface area contributed by atoms with Gasteiger partial charge in [0, 0.05) is 10.0 Å². The first-order chi connectivity index (χ1) is 10.2. The molecular formula is C17H10BrFN2. The van der Waals surface area contributed by atoms with Gasteiger partial charge in [-0.2, -0.15) is 0 Å². The van der Waals surface area contributed by atoms with Gasteiger partial charge in [-0.25, -0.2) is 9.37 Å². The first-order valence-corrected chi connectivity index (χ1v) is 7.34. The van der Waals surface area contributed by atoms with E-state index in [0.29, 0.717) is 16.9 Å². The van der Waals surface area contributed by atoms with Gasteiger partial charge in [0.25, 0.3) is 0 Å². The monoisotopic (exact) mass is 340 g/mol. The molecular weight excluding hydrogens is 331 g/mol. The van der Waals surface area contributed by atoms with E-state index in [0.717, 1.165) is 20.8 Å². The second-order valence-corrected chi connectivity index (χ2v) is 5.84. The van der Waals surface area contributed by atoms with E-state index in [1.807, 2.05) is 30.3 Å². The third kappa shape index (κ3) is 2.12. The fourth-order valence-corrected chi connectivity index (χ4v) is 2.88. The largest absolute Gasteiger partial charge is 0.338 e. The van der Waals surface area contributed by atoms with Crippen LogP contribution in [0.2, 0.25) is 0 Å². The summed E-state index contributed by atoms with van der Waals surface area (Å²) in [6, 6.07) is 17.1. The van der Waals surface area contributed by atoms with E-state index in [9.17, 15) is 4.39 Å². The molecule has 1 aromatic heterocycles. The highest BCUT2D eigenvalue weighted by molar-refractivity contribution is 9.10. The molecule has 0 fully saturated rings. The van der Waals surface area contributed by atoms with Crippen molar-refractivity contribution in [1.29, 1.82) is 0 Å². The number of rotatable bonds is 1. The van der Waals surface area contributed by atoms with Gasteiger partial charge in [0.1, 0.15) is 11.3 Å². The van der Waals surface area contributed by atoms with Gasteiger partial charge in [-0.1, -0.05) is 40.2 Å². The third-order valence-corrected chi connectivity index (χ3v) is 4.03. The van der Waals surface area contributed by atoms with Crippen molar-refractivity contribution in [2.45, 2.75) is 0 Å². The maximum Gasteiger partial charge on any atom is 0.151 e. The zero-order valence-electron chi connectivity index (χ0n) is 10.9. The molecule has 0 aliphatic carbocycles. The minimum Gasteiger partial charge on any atom is -0.338 e. The summed E-state index contributed by atoms with van der Waals surface area (Å²) in [6.45, 7) is 0. The van der Waals surface area contributed by atoms with Crippen molar-refractivity contribution in [2.75, 3.05) is 0 Å². The molecule has 0 saturated carbocycles. The van der Waals surface area contributed by atoms with Crippen LogP contribution in [0.1, 0.15) is 0 Å². The molecule has 21 heavy (non-hydrogen) atoms. The molecule has 1 N–H and O–H groups in total. The fraction of sp³-hybridized carbons (Fsp3) is 0. The van der Waals surface area contributed by atoms with Crippen LogP contribution < -0.4 is 0 Å². The molecule has 1 heterocycles. The number of imidazole rings is 1. The van der Waals surface area contributed by atoms with E-state index >= 15 is 0 Å². The van der Waals surface area contributed by atoms with Crippen LogP contribution >= 0.6 is 15.9 Å². The van der Waals surface area contributed by atoms with Crippen molar-refractivity contribution in [3.63, 3.8) is 0 Å². The van der Waals surface area contributed by atoms with Gasteiger partial charge in [-0.15, -0.1) is 0 Å². The first kappa shape index (κ1) is 12.5. The lowest BCUT2D eigenvalue weighted by Gasteiger charge is -2.01. The number of hydrogen-bond donors (Lipinski definition) is 1. The minimum atomic E-state index is -0.306. The molecule has 0 radical (unpaired) electrons. The molecule has 0 aliphatic heterocycles. The van der Waals surface area contributed by atoms with Crippen LogP contribution in [0, 0.1) is 5.82 Å². The van der Waals surface area contributed by atoms with Crippen LogP contribution in [-0.4, -0.2) is 9.97 Å². The summed E-state index contributed by atoms with van der Waals surface area (Å²) in [5, 5.41) is 2.27. The lowest BCUT2D eigenvalue weighted by molar-refractivity contribution is 0.637. The summed E-state index contributed by atoms with van der Waals surface area (Å²) < 4.78 is 14.8. The van der Waals surface area contributed by atoms with E-state index in [2.05, 4.69) is 38.0 Å². The van der Waals surface area contributed by atoms with Gasteiger partial charge in [0.2, 0.25) is 0 Å². The normalized spacial score (nSPS) is 11.3. The predicted molar refractivity (Wildman–Crippen MR) is 86.7 cm³/mol. The molecule has 3 aromatic carbocycles. The number of aromatic amines is 1. The summed E-state index contributed by atoms with van der Waals surface area (Å²) in [6.07, 6.45) is 0. The molecule has 4 heteroatoms. The van der Waals surface area contributed by atoms with Crippen LogP contribution in [0.15, 0.2) is 59.1 Å². The van der Waals surface area contributed by atoms with E-state index < -0.39 is 0 Å². The van der Waals surface area contributed by atoms with Gasteiger partial charge in [-0.3, -0.25) is 0 Å². The number of hydrogen-bond acceptors (Lipinski definition) is 1. The SMILES string of the molecule is Fc1cccc2[nH]c(-c3ccc4cc(Br)ccc4c3)nc12. The molecule has 0 saturated heterocycles. The van der Waals surface area contributed by atoms with Crippen molar-refractivity contribution in [3.8, 4) is 11.4 Å². The van der Waals surface area contributed by atoms with E-state index in [4.69, 9.17) is 0 Å². The molecule has 0 atom stereocenters. The lowest BCUT2D eigenvalue weighted by Crippen LogP contribution is -1.81. The number of aromatic nitrogens is 2. The highest BCUT2D eigenvalue weighted by Crippen LogP contribution is 2.27. The molecule has 0 aliphatic rings. The quantitative estimate of drug-likeness (QED) is 0.501. The maximum atomic E-state index is 13.7. The molecule has 0 bridgehead atoms. The van der Waals surface area contributed by atoms with Crippen molar-refractivity contribution in [3.05, 3.63) is 64.9 Å². The topological polar surface area (TPSA) is 28.7 Å². The number of para-hydroxylation sites is 1. The Hall–Kier alpha value is -2.20. The molecule has 102 valence electrons. The van der Waals surface area contributed by atoms with Crippen molar-refractivity contribution >= 4 is 37.7 Å². The zero-order valence-corrected chi connectivity index (χ0v) is 12.5. The van der Waals surface area contributed by atoms with Crippen LogP contribution in [0.5, 0.6) is 0 Å². The molecule has 2 nitrogen and oxygen atoms in total. The van der Waals surface area contributed by atoms with Crippen LogP contribution in [0.25, 0.3) is 33.2 Å². The highest BCUT2D eigenvalue weighted by atomic mass is 79.9. The Morgan fingerprint density at radius 3 is 2.62 bits per heavy atom. The number of benzene rings is 3. The molecule has 4 aromatic rings. The molecule has 4 rings (SSSR count). The summed E-state index contributed by atoms with van der Waals surface area (Å²) in [5.74, 6) is 0.375. The number of nitrogens with zero attached hydrogens (tertiary/aromatic N) is 1. The average molecular weight is 341 g/mol. The minimum absolute atomic E-state index is 0.306. The second kappa shape index (κ2) is 4.67. The van der Waals surface area contributed by atoms with Crippen molar-refractivity contribution < 1.29 is 4.39 Å². The maximum absolute atomic E-state index is 13.7. The molecule has 0 amide bonds. The Morgan fingerprint density at radius 1 is 0.952 bits per heavy atom.